The summed E-state index contributed by atoms with van der Waals surface area (Å²) in [6.07, 6.45) is 3.52. The molecule has 0 radical (unpaired) electrons. The number of pyridine rings is 1. The third kappa shape index (κ3) is 26.6. The minimum Gasteiger partial charge on any atom is -0.410 e. The predicted octanol–water partition coefficient (Wildman–Crippen LogP) is 17.0. The van der Waals surface area contributed by atoms with Crippen molar-refractivity contribution in [2.75, 3.05) is 23.9 Å². The number of urea groups is 4. The third-order valence-electron chi connectivity index (χ3n) is 18.7. The van der Waals surface area contributed by atoms with E-state index in [1.807, 2.05) is 5.32 Å². The molecule has 0 aliphatic rings. The Morgan fingerprint density at radius 3 is 0.901 bits per heavy atom. The van der Waals surface area contributed by atoms with Crippen LogP contribution in [0.4, 0.5) is 62.1 Å². The van der Waals surface area contributed by atoms with E-state index in [4.69, 9.17) is 33.1 Å². The van der Waals surface area contributed by atoms with Crippen molar-refractivity contribution in [2.24, 2.45) is 5.73 Å². The molecule has 0 saturated carbocycles. The number of rotatable bonds is 20. The van der Waals surface area contributed by atoms with Crippen LogP contribution in [0.15, 0.2) is 338 Å². The first-order chi connectivity index (χ1) is 68.4. The fraction of sp³-hybridized carbons (Fsp3) is 0.0206. The van der Waals surface area contributed by atoms with Gasteiger partial charge in [0.25, 0.3) is 59.0 Å². The number of amides is 14. The van der Waals surface area contributed by atoms with Crippen LogP contribution in [0.5, 0.6) is 5.75 Å². The molecule has 18 aromatic rings. The summed E-state index contributed by atoms with van der Waals surface area (Å²) in [7, 11) is 0. The van der Waals surface area contributed by atoms with Gasteiger partial charge in [0.2, 0.25) is 35.1 Å². The van der Waals surface area contributed by atoms with Crippen LogP contribution in [0, 0.1) is 29.1 Å². The molecule has 141 heavy (non-hydrogen) atoms. The van der Waals surface area contributed by atoms with E-state index in [1.165, 1.54) is 140 Å². The van der Waals surface area contributed by atoms with Gasteiger partial charge < -0.3 is 38.4 Å². The van der Waals surface area contributed by atoms with E-state index in [0.29, 0.717) is 39.4 Å². The Bertz CT molecular complexity index is 7110. The molecule has 7 heterocycles. The molecule has 0 bridgehead atoms. The number of halogens is 6. The Labute approximate surface area is 789 Å². The number of carbonyl (C=O) groups excluding carboxylic acids is 10. The van der Waals surface area contributed by atoms with Crippen molar-refractivity contribution in [3.05, 3.63) is 373 Å². The molecular weight excluding hydrogens is 1840 g/mol. The molecule has 10 N–H and O–H groups in total. The number of nitrogens with zero attached hydrogens (tertiary/aromatic N) is 13. The van der Waals surface area contributed by atoms with Crippen LogP contribution in [0.2, 0.25) is 0 Å². The normalized spacial score (nSPS) is 10.4. The molecule has 18 rings (SSSR count). The number of hydrogen-bond acceptors (Lipinski definition) is 29. The lowest BCUT2D eigenvalue weighted by atomic mass is 10.1. The highest BCUT2D eigenvalue weighted by Gasteiger charge is 2.25. The number of carbonyl (C=O) groups is 10. The first-order valence-electron chi connectivity index (χ1n) is 41.1. The number of aromatic nitrogens is 13. The van der Waals surface area contributed by atoms with E-state index in [0.717, 1.165) is 0 Å². The highest BCUT2D eigenvalue weighted by atomic mass is 19.1. The lowest BCUT2D eigenvalue weighted by Crippen LogP contribution is -2.40. The summed E-state index contributed by atoms with van der Waals surface area (Å²) in [6.45, 7) is -0.930. The molecule has 0 saturated heterocycles. The van der Waals surface area contributed by atoms with E-state index in [-0.39, 0.29) is 127 Å². The van der Waals surface area contributed by atoms with Crippen molar-refractivity contribution < 1.29 is 102 Å². The number of nitrogens with one attached hydrogen (secondary N) is 8. The van der Waals surface area contributed by atoms with Gasteiger partial charge in [-0.1, -0.05) is 171 Å². The fourth-order valence-electron chi connectivity index (χ4n) is 12.2. The van der Waals surface area contributed by atoms with Gasteiger partial charge in [-0.25, -0.2) is 65.3 Å². The van der Waals surface area contributed by atoms with E-state index in [9.17, 15) is 74.3 Å². The highest BCUT2D eigenvalue weighted by Crippen LogP contribution is 2.32. The van der Waals surface area contributed by atoms with Gasteiger partial charge in [0.05, 0.1) is 27.8 Å². The Kier molecular flexibility index (Phi) is 32.1. The lowest BCUT2D eigenvalue weighted by molar-refractivity contribution is 0.0942. The van der Waals surface area contributed by atoms with Gasteiger partial charge in [-0.15, -0.1) is 0 Å². The van der Waals surface area contributed by atoms with E-state index < -0.39 is 95.5 Å². The molecule has 0 aliphatic carbocycles. The third-order valence-corrected chi connectivity index (χ3v) is 18.7. The summed E-state index contributed by atoms with van der Waals surface area (Å²) in [5, 5.41) is 36.7. The van der Waals surface area contributed by atoms with Crippen molar-refractivity contribution in [3.63, 3.8) is 0 Å². The number of alkyl halides is 1. The van der Waals surface area contributed by atoms with Gasteiger partial charge in [0, 0.05) is 80.8 Å². The van der Waals surface area contributed by atoms with Gasteiger partial charge in [0.1, 0.15) is 47.3 Å². The lowest BCUT2D eigenvalue weighted by Gasteiger charge is -2.06. The SMILES string of the molecule is NC(=O)NC(=O)c1cccc(-c2noc(-c3ccccc3F)n2)c1.O=C(NC(=O)c1cccc(-c2noc(-c3ccccc3F)n2)c1)Nc1ccccn1.O=C(NC(=O)c1cccc(-c2noc(-c3ccccc3F)n2)c1)Nc1ncccn1.O=C(NC(=O)c1cccc(-c2noc(-c3ccccc3F)n2)c1)Oc1ccccc1.O=C(NCCF)NC(=O)c1cccc(-c2noc(-c3ccccc3F)n2)c1. The quantitative estimate of drug-likeness (QED) is 0.0320. The second-order valence-electron chi connectivity index (χ2n) is 28.4. The molecule has 0 fully saturated rings. The van der Waals surface area contributed by atoms with Crippen molar-refractivity contribution >= 4 is 71.5 Å². The zero-order valence-corrected chi connectivity index (χ0v) is 72.1. The zero-order chi connectivity index (χ0) is 99.1. The maximum Gasteiger partial charge on any atom is 0.419 e. The average Bonchev–Trinajstić information content (AvgIpc) is 1.65. The average molecular weight is 1910 g/mol. The van der Waals surface area contributed by atoms with Crippen LogP contribution in [-0.2, 0) is 0 Å². The molecule has 0 atom stereocenters. The highest BCUT2D eigenvalue weighted by molar-refractivity contribution is 6.10. The van der Waals surface area contributed by atoms with Crippen LogP contribution in [0.1, 0.15) is 51.8 Å². The predicted molar refractivity (Wildman–Crippen MR) is 489 cm³/mol. The van der Waals surface area contributed by atoms with Crippen LogP contribution >= 0.6 is 0 Å². The second kappa shape index (κ2) is 46.8. The number of nitrogens with two attached hydrogens (primary N) is 1. The van der Waals surface area contributed by atoms with Gasteiger partial charge in [-0.2, -0.15) is 24.9 Å². The summed E-state index contributed by atoms with van der Waals surface area (Å²) >= 11 is 0. The summed E-state index contributed by atoms with van der Waals surface area (Å²) in [5.74, 6) is -4.08. The monoisotopic (exact) mass is 1910 g/mol. The first-order valence-corrected chi connectivity index (χ1v) is 41.1. The van der Waals surface area contributed by atoms with Gasteiger partial charge in [-0.3, -0.25) is 61.2 Å². The fourth-order valence-corrected chi connectivity index (χ4v) is 12.2. The zero-order valence-electron chi connectivity index (χ0n) is 72.1. The minimum atomic E-state index is -0.952. The molecule has 0 unspecified atom stereocenters. The second-order valence-corrected chi connectivity index (χ2v) is 28.4. The molecule has 7 aromatic heterocycles. The molecule has 702 valence electrons. The number of para-hydroxylation sites is 1. The maximum atomic E-state index is 13.9. The van der Waals surface area contributed by atoms with Crippen molar-refractivity contribution in [3.8, 4) is 120 Å². The Hall–Kier alpha value is -20.4. The number of benzene rings is 11. The number of ether oxygens (including phenoxy) is 1. The molecule has 38 nitrogen and oxygen atoms in total. The molecule has 0 aliphatic heterocycles. The Morgan fingerprint density at radius 1 is 0.298 bits per heavy atom. The molecule has 44 heteroatoms. The molecule has 11 aromatic carbocycles. The van der Waals surface area contributed by atoms with Crippen molar-refractivity contribution in [1.82, 2.24) is 97.6 Å². The summed E-state index contributed by atoms with van der Waals surface area (Å²) in [4.78, 5) is 152. The maximum absolute atomic E-state index is 13.9. The van der Waals surface area contributed by atoms with E-state index >= 15 is 0 Å². The summed E-state index contributed by atoms with van der Waals surface area (Å²) in [5.41, 5.74) is 9.04. The van der Waals surface area contributed by atoms with Crippen LogP contribution in [0.25, 0.3) is 114 Å². The van der Waals surface area contributed by atoms with Crippen LogP contribution in [0.3, 0.4) is 0 Å². The Morgan fingerprint density at radius 2 is 0.589 bits per heavy atom. The largest absolute Gasteiger partial charge is 0.419 e. The number of imide groups is 5. The standard InChI is InChI=1S/C22H14FN3O4.C21H14FN5O3.C20H13FN6O3.C18H14F2N4O3.C16H11FN4O3/c23-18-12-5-4-11-17(18)21-24-19(26-30-21)14-7-6-8-15(13-14)20(27)25-22(28)29-16-9-2-1-3-10-16;22-16-9-2-1-8-15(16)20-25-18(27-30-20)13-6-5-7-14(12-13)19(28)26-21(29)24-17-10-3-4-11-23-17;21-15-8-2-1-7-14(15)18-24-16(27-30-18)12-5-3-6-13(11-12)17(28)25-20(29)26-19-22-9-4-10-23-19;19-8-9-21-18(26)23-16(25)12-5-3-4-11(10-12)15-22-17(27-24-15)13-6-1-2-7-14(13)20;17-12-7-2-1-6-11(12)15-19-13(21-24-15)9-4-3-5-10(8-9)14(22)20-16(18)23/h1-13H,(H,25,27,28);1-12H,(H2,23,24,26,28,29);1-11H,(H2,22,23,25,26,28,29);1-7,10H,8-9H2,(H2,21,23,25,26);1-8H,(H3,18,20,22,23). The molecule has 14 amide bonds. The topological polar surface area (TPSA) is 535 Å². The van der Waals surface area contributed by atoms with Crippen molar-refractivity contribution in [2.45, 2.75) is 0 Å². The van der Waals surface area contributed by atoms with E-state index in [2.05, 4.69) is 103 Å². The van der Waals surface area contributed by atoms with Gasteiger partial charge in [-0.05, 0) is 152 Å². The molecular formula is C97H66F6N22O16. The minimum absolute atomic E-state index is 0.00329. The first kappa shape index (κ1) is 96.7. The number of hydrogen-bond donors (Lipinski definition) is 9. The number of anilines is 2. The van der Waals surface area contributed by atoms with Crippen molar-refractivity contribution in [1.29, 1.82) is 0 Å². The Balaban J connectivity index is 0.000000140. The van der Waals surface area contributed by atoms with Crippen LogP contribution < -0.4 is 53.0 Å². The van der Waals surface area contributed by atoms with E-state index in [1.54, 1.807) is 176 Å². The molecule has 0 spiro atoms. The van der Waals surface area contributed by atoms with Gasteiger partial charge in [0.15, 0.2) is 0 Å². The summed E-state index contributed by atoms with van der Waals surface area (Å²) in [6, 6.07) is 72.9. The van der Waals surface area contributed by atoms with Gasteiger partial charge >= 0.3 is 30.2 Å². The number of primary amides is 1. The van der Waals surface area contributed by atoms with Crippen LogP contribution in [-0.4, -0.2) is 139 Å². The smallest absolute Gasteiger partial charge is 0.410 e. The summed E-state index contributed by atoms with van der Waals surface area (Å²) < 4.78 is 112.